The Morgan fingerprint density at radius 1 is 1.50 bits per heavy atom. The van der Waals surface area contributed by atoms with Crippen molar-refractivity contribution >= 4 is 0 Å². The van der Waals surface area contributed by atoms with Gasteiger partial charge in [-0.2, -0.15) is 0 Å². The molecule has 1 aliphatic heterocycles. The van der Waals surface area contributed by atoms with E-state index in [0.29, 0.717) is 18.4 Å². The van der Waals surface area contributed by atoms with Gasteiger partial charge >= 0.3 is 0 Å². The molecule has 0 aromatic rings. The van der Waals surface area contributed by atoms with E-state index in [0.717, 1.165) is 0 Å². The monoisotopic (exact) mass is 144 g/mol. The summed E-state index contributed by atoms with van der Waals surface area (Å²) in [4.78, 5) is 0. The molecule has 1 heterocycles. The van der Waals surface area contributed by atoms with E-state index in [2.05, 4.69) is 13.8 Å². The highest BCUT2D eigenvalue weighted by Crippen LogP contribution is 2.24. The van der Waals surface area contributed by atoms with Crippen molar-refractivity contribution in [3.8, 4) is 0 Å². The lowest BCUT2D eigenvalue weighted by atomic mass is 9.97. The second-order valence-electron chi connectivity index (χ2n) is 3.51. The van der Waals surface area contributed by atoms with Gasteiger partial charge in [0.2, 0.25) is 0 Å². The van der Waals surface area contributed by atoms with Crippen molar-refractivity contribution in [3.63, 3.8) is 0 Å². The fourth-order valence-corrected chi connectivity index (χ4v) is 1.37. The standard InChI is InChI=1S/C8H16O2/c1-5(2)8-7(9)6(3)4-10-8/h5-9H,4H2,1-3H3. The van der Waals surface area contributed by atoms with Gasteiger partial charge in [0.15, 0.2) is 0 Å². The SMILES string of the molecule is CC(C)C1OCC(C)C1O. The molecule has 10 heavy (non-hydrogen) atoms. The summed E-state index contributed by atoms with van der Waals surface area (Å²) in [6, 6.07) is 0. The first-order valence-electron chi connectivity index (χ1n) is 3.92. The summed E-state index contributed by atoms with van der Waals surface area (Å²) >= 11 is 0. The van der Waals surface area contributed by atoms with Crippen LogP contribution in [0.25, 0.3) is 0 Å². The number of ether oxygens (including phenoxy) is 1. The van der Waals surface area contributed by atoms with Crippen LogP contribution in [-0.4, -0.2) is 23.9 Å². The Labute approximate surface area is 62.2 Å². The van der Waals surface area contributed by atoms with E-state index in [1.54, 1.807) is 0 Å². The molecule has 0 saturated carbocycles. The van der Waals surface area contributed by atoms with Crippen molar-refractivity contribution in [1.29, 1.82) is 0 Å². The Morgan fingerprint density at radius 3 is 2.30 bits per heavy atom. The van der Waals surface area contributed by atoms with Crippen LogP contribution in [0.2, 0.25) is 0 Å². The largest absolute Gasteiger partial charge is 0.390 e. The van der Waals surface area contributed by atoms with Gasteiger partial charge in [-0.1, -0.05) is 20.8 Å². The maximum Gasteiger partial charge on any atom is 0.0860 e. The molecule has 1 aliphatic rings. The van der Waals surface area contributed by atoms with Crippen molar-refractivity contribution in [2.45, 2.75) is 33.0 Å². The summed E-state index contributed by atoms with van der Waals surface area (Å²) in [5, 5.41) is 9.50. The Morgan fingerprint density at radius 2 is 2.10 bits per heavy atom. The molecular weight excluding hydrogens is 128 g/mol. The fourth-order valence-electron chi connectivity index (χ4n) is 1.37. The predicted molar refractivity (Wildman–Crippen MR) is 39.7 cm³/mol. The van der Waals surface area contributed by atoms with Gasteiger partial charge in [-0.15, -0.1) is 0 Å². The Balaban J connectivity index is 2.49. The molecule has 2 heteroatoms. The number of rotatable bonds is 1. The second-order valence-corrected chi connectivity index (χ2v) is 3.51. The lowest BCUT2D eigenvalue weighted by Crippen LogP contribution is -2.29. The molecule has 1 saturated heterocycles. The third-order valence-corrected chi connectivity index (χ3v) is 2.13. The maximum atomic E-state index is 9.50. The van der Waals surface area contributed by atoms with Crippen LogP contribution in [0.3, 0.4) is 0 Å². The van der Waals surface area contributed by atoms with Crippen molar-refractivity contribution in [1.82, 2.24) is 0 Å². The molecule has 0 radical (unpaired) electrons. The lowest BCUT2D eigenvalue weighted by molar-refractivity contribution is 0.00988. The first-order chi connectivity index (χ1) is 4.63. The predicted octanol–water partition coefficient (Wildman–Crippen LogP) is 1.04. The Bertz CT molecular complexity index is 112. The average Bonchev–Trinajstić information content (AvgIpc) is 2.14. The summed E-state index contributed by atoms with van der Waals surface area (Å²) in [5.41, 5.74) is 0. The molecule has 1 N–H and O–H groups in total. The molecule has 1 fully saturated rings. The van der Waals surface area contributed by atoms with E-state index in [1.807, 2.05) is 6.92 Å². The molecule has 2 nitrogen and oxygen atoms in total. The van der Waals surface area contributed by atoms with Gasteiger partial charge in [-0.3, -0.25) is 0 Å². The molecule has 0 aromatic carbocycles. The van der Waals surface area contributed by atoms with Crippen LogP contribution in [0.15, 0.2) is 0 Å². The summed E-state index contributed by atoms with van der Waals surface area (Å²) in [5.74, 6) is 0.743. The molecule has 0 aliphatic carbocycles. The molecule has 0 amide bonds. The second kappa shape index (κ2) is 2.89. The van der Waals surface area contributed by atoms with Crippen LogP contribution in [0.4, 0.5) is 0 Å². The first-order valence-corrected chi connectivity index (χ1v) is 3.92. The zero-order valence-electron chi connectivity index (χ0n) is 6.87. The minimum atomic E-state index is -0.250. The van der Waals surface area contributed by atoms with Gasteiger partial charge in [0.1, 0.15) is 0 Å². The summed E-state index contributed by atoms with van der Waals surface area (Å²) in [6.45, 7) is 6.88. The minimum absolute atomic E-state index is 0.0648. The Kier molecular flexibility index (Phi) is 2.32. The van der Waals surface area contributed by atoms with Gasteiger partial charge in [-0.25, -0.2) is 0 Å². The molecular formula is C8H16O2. The molecule has 1 rings (SSSR count). The van der Waals surface area contributed by atoms with Gasteiger partial charge in [0.05, 0.1) is 18.8 Å². The first kappa shape index (κ1) is 8.02. The van der Waals surface area contributed by atoms with Crippen molar-refractivity contribution in [2.24, 2.45) is 11.8 Å². The number of hydrogen-bond donors (Lipinski definition) is 1. The van der Waals surface area contributed by atoms with Crippen LogP contribution in [0, 0.1) is 11.8 Å². The maximum absolute atomic E-state index is 9.50. The third kappa shape index (κ3) is 1.32. The van der Waals surface area contributed by atoms with E-state index < -0.39 is 0 Å². The summed E-state index contributed by atoms with van der Waals surface area (Å²) < 4.78 is 5.39. The summed E-state index contributed by atoms with van der Waals surface area (Å²) in [7, 11) is 0. The van der Waals surface area contributed by atoms with Gasteiger partial charge in [0, 0.05) is 5.92 Å². The van der Waals surface area contributed by atoms with Crippen LogP contribution in [-0.2, 0) is 4.74 Å². The van der Waals surface area contributed by atoms with Crippen LogP contribution in [0.5, 0.6) is 0 Å². The highest BCUT2D eigenvalue weighted by Gasteiger charge is 2.34. The molecule has 60 valence electrons. The van der Waals surface area contributed by atoms with Crippen LogP contribution < -0.4 is 0 Å². The van der Waals surface area contributed by atoms with E-state index in [1.165, 1.54) is 0 Å². The average molecular weight is 144 g/mol. The number of aliphatic hydroxyl groups is 1. The quantitative estimate of drug-likeness (QED) is 0.595. The van der Waals surface area contributed by atoms with Crippen molar-refractivity contribution in [2.75, 3.05) is 6.61 Å². The molecule has 0 spiro atoms. The number of hydrogen-bond acceptors (Lipinski definition) is 2. The van der Waals surface area contributed by atoms with Gasteiger partial charge in [0.25, 0.3) is 0 Å². The molecule has 3 atom stereocenters. The smallest absolute Gasteiger partial charge is 0.0860 e. The van der Waals surface area contributed by atoms with E-state index in [-0.39, 0.29) is 12.2 Å². The van der Waals surface area contributed by atoms with Crippen molar-refractivity contribution in [3.05, 3.63) is 0 Å². The zero-order valence-corrected chi connectivity index (χ0v) is 6.87. The van der Waals surface area contributed by atoms with Gasteiger partial charge < -0.3 is 9.84 Å². The fraction of sp³-hybridized carbons (Fsp3) is 1.00. The number of aliphatic hydroxyl groups excluding tert-OH is 1. The zero-order chi connectivity index (χ0) is 7.72. The van der Waals surface area contributed by atoms with Gasteiger partial charge in [-0.05, 0) is 5.92 Å². The molecule has 0 aromatic heterocycles. The van der Waals surface area contributed by atoms with Crippen LogP contribution in [0.1, 0.15) is 20.8 Å². The highest BCUT2D eigenvalue weighted by molar-refractivity contribution is 4.82. The van der Waals surface area contributed by atoms with E-state index in [9.17, 15) is 5.11 Å². The summed E-state index contributed by atoms with van der Waals surface area (Å²) in [6.07, 6.45) is -0.185. The topological polar surface area (TPSA) is 29.5 Å². The van der Waals surface area contributed by atoms with E-state index in [4.69, 9.17) is 4.74 Å². The highest BCUT2D eigenvalue weighted by atomic mass is 16.5. The van der Waals surface area contributed by atoms with E-state index >= 15 is 0 Å². The van der Waals surface area contributed by atoms with Crippen LogP contribution >= 0.6 is 0 Å². The normalized spacial score (nSPS) is 41.1. The third-order valence-electron chi connectivity index (χ3n) is 2.13. The lowest BCUT2D eigenvalue weighted by Gasteiger charge is -2.18. The molecule has 0 bridgehead atoms. The minimum Gasteiger partial charge on any atom is -0.390 e. The van der Waals surface area contributed by atoms with Crippen molar-refractivity contribution < 1.29 is 9.84 Å². The molecule has 3 unspecified atom stereocenters. The Hall–Kier alpha value is -0.0800.